The van der Waals surface area contributed by atoms with E-state index in [0.717, 1.165) is 12.8 Å². The average Bonchev–Trinajstić information content (AvgIpc) is 2.06. The van der Waals surface area contributed by atoms with Gasteiger partial charge in [-0.25, -0.2) is 0 Å². The summed E-state index contributed by atoms with van der Waals surface area (Å²) in [6.45, 7) is 2.26. The number of hydrogen-bond acceptors (Lipinski definition) is 2. The van der Waals surface area contributed by atoms with Crippen molar-refractivity contribution < 1.29 is 5.11 Å². The number of aliphatic hydroxyl groups is 1. The molecular formula is C9H19NO. The van der Waals surface area contributed by atoms with Gasteiger partial charge in [0.2, 0.25) is 0 Å². The van der Waals surface area contributed by atoms with Crippen molar-refractivity contribution in [1.29, 1.82) is 0 Å². The Kier molecular flexibility index (Phi) is 2.90. The summed E-state index contributed by atoms with van der Waals surface area (Å²) in [5, 5.41) is 9.82. The summed E-state index contributed by atoms with van der Waals surface area (Å²) in [6.07, 6.45) is 6.17. The van der Waals surface area contributed by atoms with Gasteiger partial charge in [0, 0.05) is 6.54 Å². The summed E-state index contributed by atoms with van der Waals surface area (Å²) in [6, 6.07) is 0. The van der Waals surface area contributed by atoms with E-state index in [1.54, 1.807) is 0 Å². The maximum atomic E-state index is 9.82. The summed E-state index contributed by atoms with van der Waals surface area (Å²) in [5.74, 6) is 0.446. The van der Waals surface area contributed by atoms with E-state index in [9.17, 15) is 5.11 Å². The first-order chi connectivity index (χ1) is 5.17. The van der Waals surface area contributed by atoms with E-state index in [1.807, 2.05) is 6.92 Å². The predicted molar refractivity (Wildman–Crippen MR) is 46.3 cm³/mol. The molecule has 1 atom stereocenters. The first-order valence-corrected chi connectivity index (χ1v) is 4.59. The van der Waals surface area contributed by atoms with Crippen LogP contribution in [0.15, 0.2) is 0 Å². The second-order valence-corrected chi connectivity index (χ2v) is 3.90. The van der Waals surface area contributed by atoms with Crippen LogP contribution in [-0.2, 0) is 0 Å². The van der Waals surface area contributed by atoms with E-state index >= 15 is 0 Å². The van der Waals surface area contributed by atoms with E-state index in [4.69, 9.17) is 5.73 Å². The highest BCUT2D eigenvalue weighted by atomic mass is 16.3. The molecular weight excluding hydrogens is 138 g/mol. The van der Waals surface area contributed by atoms with Crippen LogP contribution >= 0.6 is 0 Å². The monoisotopic (exact) mass is 157 g/mol. The maximum absolute atomic E-state index is 9.82. The van der Waals surface area contributed by atoms with Crippen LogP contribution < -0.4 is 5.73 Å². The van der Waals surface area contributed by atoms with Crippen molar-refractivity contribution in [2.75, 3.05) is 6.54 Å². The molecule has 3 N–H and O–H groups in total. The van der Waals surface area contributed by atoms with Crippen LogP contribution in [-0.4, -0.2) is 17.3 Å². The lowest BCUT2D eigenvalue weighted by Crippen LogP contribution is -2.42. The zero-order chi connectivity index (χ0) is 8.32. The Hall–Kier alpha value is -0.0800. The molecule has 66 valence electrons. The third-order valence-corrected chi connectivity index (χ3v) is 2.90. The summed E-state index contributed by atoms with van der Waals surface area (Å²) in [4.78, 5) is 0. The molecule has 0 aromatic carbocycles. The number of nitrogens with two attached hydrogens (primary N) is 1. The Morgan fingerprint density at radius 3 is 2.36 bits per heavy atom. The molecule has 2 heteroatoms. The Balaban J connectivity index is 2.43. The Morgan fingerprint density at radius 1 is 1.36 bits per heavy atom. The third kappa shape index (κ3) is 2.17. The van der Waals surface area contributed by atoms with Gasteiger partial charge in [0.05, 0.1) is 5.60 Å². The van der Waals surface area contributed by atoms with Crippen molar-refractivity contribution in [2.24, 2.45) is 11.7 Å². The lowest BCUT2D eigenvalue weighted by Gasteiger charge is -2.34. The summed E-state index contributed by atoms with van der Waals surface area (Å²) >= 11 is 0. The maximum Gasteiger partial charge on any atom is 0.0769 e. The molecule has 0 radical (unpaired) electrons. The van der Waals surface area contributed by atoms with Crippen molar-refractivity contribution in [3.05, 3.63) is 0 Å². The quantitative estimate of drug-likeness (QED) is 0.634. The Bertz CT molecular complexity index is 117. The highest BCUT2D eigenvalue weighted by molar-refractivity contribution is 4.84. The second kappa shape index (κ2) is 3.55. The van der Waals surface area contributed by atoms with Gasteiger partial charge in [0.25, 0.3) is 0 Å². The van der Waals surface area contributed by atoms with E-state index in [1.165, 1.54) is 19.3 Å². The fourth-order valence-corrected chi connectivity index (χ4v) is 1.89. The molecule has 0 aromatic heterocycles. The van der Waals surface area contributed by atoms with Gasteiger partial charge in [-0.3, -0.25) is 0 Å². The molecule has 1 fully saturated rings. The summed E-state index contributed by atoms with van der Waals surface area (Å²) in [7, 11) is 0. The molecule has 0 aliphatic heterocycles. The van der Waals surface area contributed by atoms with Crippen LogP contribution in [0, 0.1) is 5.92 Å². The Labute approximate surface area is 68.8 Å². The van der Waals surface area contributed by atoms with Crippen molar-refractivity contribution in [3.8, 4) is 0 Å². The topological polar surface area (TPSA) is 46.2 Å². The van der Waals surface area contributed by atoms with Crippen molar-refractivity contribution in [3.63, 3.8) is 0 Å². The minimum Gasteiger partial charge on any atom is -0.389 e. The highest BCUT2D eigenvalue weighted by Crippen LogP contribution is 2.31. The van der Waals surface area contributed by atoms with Gasteiger partial charge in [-0.1, -0.05) is 19.3 Å². The molecule has 1 aliphatic carbocycles. The fraction of sp³-hybridized carbons (Fsp3) is 1.00. The second-order valence-electron chi connectivity index (χ2n) is 3.90. The first-order valence-electron chi connectivity index (χ1n) is 4.59. The van der Waals surface area contributed by atoms with Crippen molar-refractivity contribution in [1.82, 2.24) is 0 Å². The van der Waals surface area contributed by atoms with Gasteiger partial charge in [0.1, 0.15) is 0 Å². The lowest BCUT2D eigenvalue weighted by atomic mass is 9.78. The molecule has 1 unspecified atom stereocenters. The van der Waals surface area contributed by atoms with Gasteiger partial charge in [-0.05, 0) is 25.7 Å². The zero-order valence-corrected chi connectivity index (χ0v) is 7.34. The van der Waals surface area contributed by atoms with Crippen molar-refractivity contribution >= 4 is 0 Å². The van der Waals surface area contributed by atoms with E-state index in [0.29, 0.717) is 12.5 Å². The van der Waals surface area contributed by atoms with Gasteiger partial charge in [0.15, 0.2) is 0 Å². The van der Waals surface area contributed by atoms with Gasteiger partial charge >= 0.3 is 0 Å². The zero-order valence-electron chi connectivity index (χ0n) is 7.34. The molecule has 0 spiro atoms. The van der Waals surface area contributed by atoms with Crippen LogP contribution in [0.25, 0.3) is 0 Å². The number of rotatable bonds is 2. The van der Waals surface area contributed by atoms with Crippen LogP contribution in [0.2, 0.25) is 0 Å². The number of hydrogen-bond donors (Lipinski definition) is 2. The largest absolute Gasteiger partial charge is 0.389 e. The van der Waals surface area contributed by atoms with Gasteiger partial charge < -0.3 is 10.8 Å². The predicted octanol–water partition coefficient (Wildman–Crippen LogP) is 1.28. The molecule has 1 rings (SSSR count). The highest BCUT2D eigenvalue weighted by Gasteiger charge is 2.30. The minimum atomic E-state index is -0.611. The molecule has 0 bridgehead atoms. The van der Waals surface area contributed by atoms with Gasteiger partial charge in [-0.2, -0.15) is 0 Å². The minimum absolute atomic E-state index is 0.400. The standard InChI is InChI=1S/C9H19NO/c1-9(11,7-10)8-5-3-2-4-6-8/h8,11H,2-7,10H2,1H3. The van der Waals surface area contributed by atoms with Crippen LogP contribution in [0.5, 0.6) is 0 Å². The Morgan fingerprint density at radius 2 is 1.91 bits per heavy atom. The van der Waals surface area contributed by atoms with E-state index in [-0.39, 0.29) is 0 Å². The molecule has 2 nitrogen and oxygen atoms in total. The normalized spacial score (nSPS) is 26.5. The van der Waals surface area contributed by atoms with Crippen molar-refractivity contribution in [2.45, 2.75) is 44.6 Å². The molecule has 1 saturated carbocycles. The average molecular weight is 157 g/mol. The molecule has 1 aliphatic rings. The third-order valence-electron chi connectivity index (χ3n) is 2.90. The molecule has 0 aromatic rings. The van der Waals surface area contributed by atoms with Crippen LogP contribution in [0.1, 0.15) is 39.0 Å². The smallest absolute Gasteiger partial charge is 0.0769 e. The molecule has 0 amide bonds. The van der Waals surface area contributed by atoms with Crippen LogP contribution in [0.4, 0.5) is 0 Å². The summed E-state index contributed by atoms with van der Waals surface area (Å²) < 4.78 is 0. The molecule has 0 heterocycles. The van der Waals surface area contributed by atoms with E-state index in [2.05, 4.69) is 0 Å². The lowest BCUT2D eigenvalue weighted by molar-refractivity contribution is -0.00808. The fourth-order valence-electron chi connectivity index (χ4n) is 1.89. The first kappa shape index (κ1) is 9.01. The molecule has 11 heavy (non-hydrogen) atoms. The summed E-state index contributed by atoms with van der Waals surface area (Å²) in [5.41, 5.74) is 4.88. The van der Waals surface area contributed by atoms with Gasteiger partial charge in [-0.15, -0.1) is 0 Å². The van der Waals surface area contributed by atoms with E-state index < -0.39 is 5.60 Å². The SMILES string of the molecule is CC(O)(CN)C1CCCCC1. The molecule has 0 saturated heterocycles. The van der Waals surface area contributed by atoms with Crippen LogP contribution in [0.3, 0.4) is 0 Å².